The number of nitrogens with zero attached hydrogens (tertiary/aromatic N) is 2. The Labute approximate surface area is 119 Å². The molecule has 0 unspecified atom stereocenters. The lowest BCUT2D eigenvalue weighted by atomic mass is 10.1. The van der Waals surface area contributed by atoms with Crippen molar-refractivity contribution in [2.45, 2.75) is 6.42 Å². The van der Waals surface area contributed by atoms with Gasteiger partial charge in [-0.3, -0.25) is 9.78 Å². The van der Waals surface area contributed by atoms with Crippen molar-refractivity contribution in [1.82, 2.24) is 4.98 Å². The van der Waals surface area contributed by atoms with Gasteiger partial charge in [0.2, 0.25) is 5.91 Å². The molecule has 0 N–H and O–H groups in total. The topological polar surface area (TPSA) is 33.2 Å². The molecular weight excluding hydrogens is 311 g/mol. The smallest absolute Gasteiger partial charge is 0.231 e. The maximum atomic E-state index is 13.6. The van der Waals surface area contributed by atoms with Gasteiger partial charge >= 0.3 is 0 Å². The molecule has 0 aliphatic heterocycles. The summed E-state index contributed by atoms with van der Waals surface area (Å²) in [5.74, 6) is -0.568. The monoisotopic (exact) mass is 322 g/mol. The van der Waals surface area contributed by atoms with Crippen molar-refractivity contribution in [2.75, 3.05) is 11.9 Å². The Morgan fingerprint density at radius 3 is 2.89 bits per heavy atom. The Morgan fingerprint density at radius 1 is 1.42 bits per heavy atom. The molecule has 0 saturated carbocycles. The van der Waals surface area contributed by atoms with Crippen LogP contribution in [0.1, 0.15) is 5.56 Å². The molecule has 0 spiro atoms. The summed E-state index contributed by atoms with van der Waals surface area (Å²) in [5.41, 5.74) is 1.05. The normalized spacial score (nSPS) is 10.3. The Hall–Kier alpha value is -1.75. The van der Waals surface area contributed by atoms with E-state index in [0.29, 0.717) is 11.3 Å². The van der Waals surface area contributed by atoms with Gasteiger partial charge < -0.3 is 4.90 Å². The second-order valence-electron chi connectivity index (χ2n) is 4.08. The number of aromatic nitrogens is 1. The molecule has 0 bridgehead atoms. The quantitative estimate of drug-likeness (QED) is 0.869. The SMILES string of the molecule is CN(C(=O)Cc1cc(Br)ccc1F)c1cccnc1. The fourth-order valence-corrected chi connectivity index (χ4v) is 2.06. The van der Waals surface area contributed by atoms with Crippen LogP contribution in [0.15, 0.2) is 47.2 Å². The summed E-state index contributed by atoms with van der Waals surface area (Å²) >= 11 is 3.27. The Kier molecular flexibility index (Phi) is 4.27. The number of rotatable bonds is 3. The molecule has 0 fully saturated rings. The lowest BCUT2D eigenvalue weighted by molar-refractivity contribution is -0.117. The van der Waals surface area contributed by atoms with Crippen LogP contribution in [0.2, 0.25) is 0 Å². The van der Waals surface area contributed by atoms with E-state index in [1.54, 1.807) is 43.7 Å². The van der Waals surface area contributed by atoms with Crippen LogP contribution in [0.5, 0.6) is 0 Å². The van der Waals surface area contributed by atoms with Gasteiger partial charge in [0.1, 0.15) is 5.82 Å². The van der Waals surface area contributed by atoms with Gasteiger partial charge in [-0.1, -0.05) is 15.9 Å². The first kappa shape index (κ1) is 13.7. The summed E-state index contributed by atoms with van der Waals surface area (Å²) in [6.45, 7) is 0. The second-order valence-corrected chi connectivity index (χ2v) is 4.99. The van der Waals surface area contributed by atoms with Gasteiger partial charge in [0.05, 0.1) is 18.3 Å². The molecule has 19 heavy (non-hydrogen) atoms. The molecule has 0 radical (unpaired) electrons. The summed E-state index contributed by atoms with van der Waals surface area (Å²) in [7, 11) is 1.65. The zero-order valence-electron chi connectivity index (χ0n) is 10.3. The number of likely N-dealkylation sites (N-methyl/N-ethyl adjacent to an activating group) is 1. The molecule has 5 heteroatoms. The minimum Gasteiger partial charge on any atom is -0.314 e. The molecule has 1 amide bonds. The fraction of sp³-hybridized carbons (Fsp3) is 0.143. The number of amides is 1. The molecule has 98 valence electrons. The first-order valence-electron chi connectivity index (χ1n) is 5.68. The third-order valence-corrected chi connectivity index (χ3v) is 3.25. The number of hydrogen-bond acceptors (Lipinski definition) is 2. The number of anilines is 1. The van der Waals surface area contributed by atoms with Crippen LogP contribution in [0.3, 0.4) is 0 Å². The molecule has 0 atom stereocenters. The maximum Gasteiger partial charge on any atom is 0.231 e. The predicted octanol–water partition coefficient (Wildman–Crippen LogP) is 3.19. The molecule has 0 saturated heterocycles. The molecule has 2 aromatic rings. The van der Waals surface area contributed by atoms with Gasteiger partial charge in [-0.15, -0.1) is 0 Å². The van der Waals surface area contributed by atoms with Gasteiger partial charge in [0, 0.05) is 17.7 Å². The third kappa shape index (κ3) is 3.38. The average molecular weight is 323 g/mol. The van der Waals surface area contributed by atoms with E-state index < -0.39 is 0 Å². The van der Waals surface area contributed by atoms with E-state index >= 15 is 0 Å². The Bertz CT molecular complexity index is 589. The number of carbonyl (C=O) groups excluding carboxylic acids is 1. The molecule has 0 aliphatic rings. The van der Waals surface area contributed by atoms with Crippen LogP contribution in [-0.4, -0.2) is 17.9 Å². The van der Waals surface area contributed by atoms with Crippen molar-refractivity contribution in [3.05, 3.63) is 58.6 Å². The zero-order chi connectivity index (χ0) is 13.8. The summed E-state index contributed by atoms with van der Waals surface area (Å²) in [6, 6.07) is 8.09. The molecule has 1 heterocycles. The van der Waals surface area contributed by atoms with Crippen molar-refractivity contribution in [3.63, 3.8) is 0 Å². The van der Waals surface area contributed by atoms with Gasteiger partial charge in [0.25, 0.3) is 0 Å². The maximum absolute atomic E-state index is 13.6. The van der Waals surface area contributed by atoms with E-state index in [1.807, 2.05) is 0 Å². The van der Waals surface area contributed by atoms with E-state index in [0.717, 1.165) is 4.47 Å². The molecule has 2 rings (SSSR count). The van der Waals surface area contributed by atoms with E-state index in [1.165, 1.54) is 11.0 Å². The van der Waals surface area contributed by atoms with E-state index in [4.69, 9.17) is 0 Å². The fourth-order valence-electron chi connectivity index (χ4n) is 1.66. The molecule has 1 aromatic heterocycles. The highest BCUT2D eigenvalue weighted by Crippen LogP contribution is 2.18. The Morgan fingerprint density at radius 2 is 2.21 bits per heavy atom. The highest BCUT2D eigenvalue weighted by Gasteiger charge is 2.14. The molecule has 3 nitrogen and oxygen atoms in total. The van der Waals surface area contributed by atoms with Crippen molar-refractivity contribution < 1.29 is 9.18 Å². The second kappa shape index (κ2) is 5.93. The number of carbonyl (C=O) groups is 1. The van der Waals surface area contributed by atoms with Crippen LogP contribution < -0.4 is 4.90 Å². The summed E-state index contributed by atoms with van der Waals surface area (Å²) < 4.78 is 14.3. The highest BCUT2D eigenvalue weighted by molar-refractivity contribution is 9.10. The van der Waals surface area contributed by atoms with Crippen molar-refractivity contribution >= 4 is 27.5 Å². The van der Waals surface area contributed by atoms with Gasteiger partial charge in [-0.25, -0.2) is 4.39 Å². The number of benzene rings is 1. The van der Waals surface area contributed by atoms with Gasteiger partial charge in [0.15, 0.2) is 0 Å². The lowest BCUT2D eigenvalue weighted by Gasteiger charge is -2.17. The summed E-state index contributed by atoms with van der Waals surface area (Å²) in [5, 5.41) is 0. The molecular formula is C14H12BrFN2O. The standard InChI is InChI=1S/C14H12BrFN2O/c1-18(12-3-2-6-17-9-12)14(19)8-10-7-11(15)4-5-13(10)16/h2-7,9H,8H2,1H3. The van der Waals surface area contributed by atoms with E-state index in [2.05, 4.69) is 20.9 Å². The largest absolute Gasteiger partial charge is 0.314 e. The molecule has 1 aromatic carbocycles. The number of halogens is 2. The average Bonchev–Trinajstić information content (AvgIpc) is 2.43. The van der Waals surface area contributed by atoms with Crippen LogP contribution >= 0.6 is 15.9 Å². The summed E-state index contributed by atoms with van der Waals surface area (Å²) in [4.78, 5) is 17.5. The predicted molar refractivity (Wildman–Crippen MR) is 75.5 cm³/mol. The first-order chi connectivity index (χ1) is 9.08. The summed E-state index contributed by atoms with van der Waals surface area (Å²) in [6.07, 6.45) is 3.24. The first-order valence-corrected chi connectivity index (χ1v) is 6.48. The Balaban J connectivity index is 2.15. The van der Waals surface area contributed by atoms with Crippen molar-refractivity contribution in [1.29, 1.82) is 0 Å². The van der Waals surface area contributed by atoms with Gasteiger partial charge in [-0.05, 0) is 35.9 Å². The zero-order valence-corrected chi connectivity index (χ0v) is 11.9. The van der Waals surface area contributed by atoms with E-state index in [-0.39, 0.29) is 18.1 Å². The van der Waals surface area contributed by atoms with Crippen LogP contribution in [0, 0.1) is 5.82 Å². The highest BCUT2D eigenvalue weighted by atomic mass is 79.9. The van der Waals surface area contributed by atoms with Crippen LogP contribution in [0.25, 0.3) is 0 Å². The minimum atomic E-state index is -0.379. The van der Waals surface area contributed by atoms with Crippen molar-refractivity contribution in [3.8, 4) is 0 Å². The van der Waals surface area contributed by atoms with Crippen LogP contribution in [-0.2, 0) is 11.2 Å². The van der Waals surface area contributed by atoms with Gasteiger partial charge in [-0.2, -0.15) is 0 Å². The lowest BCUT2D eigenvalue weighted by Crippen LogP contribution is -2.28. The van der Waals surface area contributed by atoms with Crippen molar-refractivity contribution in [2.24, 2.45) is 0 Å². The third-order valence-electron chi connectivity index (χ3n) is 2.76. The minimum absolute atomic E-state index is 0.0106. The van der Waals surface area contributed by atoms with Crippen LogP contribution in [0.4, 0.5) is 10.1 Å². The number of hydrogen-bond donors (Lipinski definition) is 0. The van der Waals surface area contributed by atoms with E-state index in [9.17, 15) is 9.18 Å². The number of pyridine rings is 1. The molecule has 0 aliphatic carbocycles.